The first-order chi connectivity index (χ1) is 22.8. The summed E-state index contributed by atoms with van der Waals surface area (Å²) in [6, 6.07) is 35.8. The van der Waals surface area contributed by atoms with Crippen LogP contribution in [0.25, 0.3) is 21.8 Å². The van der Waals surface area contributed by atoms with Gasteiger partial charge < -0.3 is 14.2 Å². The van der Waals surface area contributed by atoms with Crippen LogP contribution in [-0.4, -0.2) is 32.6 Å². The summed E-state index contributed by atoms with van der Waals surface area (Å²) in [7, 11) is -2.99. The molecule has 10 heteroatoms. The van der Waals surface area contributed by atoms with E-state index < -0.39 is 16.1 Å². The molecule has 6 rings (SSSR count). The number of amides is 1. The fourth-order valence-corrected chi connectivity index (χ4v) is 6.41. The predicted molar refractivity (Wildman–Crippen MR) is 179 cm³/mol. The molecule has 236 valence electrons. The molecule has 5 aromatic carbocycles. The summed E-state index contributed by atoms with van der Waals surface area (Å²) in [6.45, 7) is 0.180. The summed E-state index contributed by atoms with van der Waals surface area (Å²) in [5.74, 6) is 0.312. The number of carbonyl (C=O) groups excluding carboxylic acids is 2. The highest BCUT2D eigenvalue weighted by Crippen LogP contribution is 2.35. The molecule has 1 aromatic heterocycles. The van der Waals surface area contributed by atoms with E-state index in [0.29, 0.717) is 38.3 Å². The molecule has 1 heterocycles. The van der Waals surface area contributed by atoms with Gasteiger partial charge in [-0.15, -0.1) is 0 Å². The van der Waals surface area contributed by atoms with E-state index >= 15 is 0 Å². The van der Waals surface area contributed by atoms with Crippen LogP contribution in [0.1, 0.15) is 17.5 Å². The van der Waals surface area contributed by atoms with Gasteiger partial charge in [0.15, 0.2) is 5.75 Å². The first-order valence-corrected chi connectivity index (χ1v) is 16.2. The summed E-state index contributed by atoms with van der Waals surface area (Å²) in [6.07, 6.45) is -0.654. The molecule has 0 spiro atoms. The number of anilines is 1. The van der Waals surface area contributed by atoms with E-state index in [4.69, 9.17) is 14.2 Å². The molecule has 0 aliphatic carbocycles. The Morgan fingerprint density at radius 1 is 0.702 bits per heavy atom. The van der Waals surface area contributed by atoms with E-state index in [0.717, 1.165) is 11.1 Å². The van der Waals surface area contributed by atoms with Gasteiger partial charge in [-0.25, -0.2) is 18.2 Å². The molecule has 0 saturated heterocycles. The molecule has 0 unspecified atom stereocenters. The van der Waals surface area contributed by atoms with Crippen LogP contribution in [0, 0.1) is 0 Å². The maximum atomic E-state index is 14.2. The number of fused-ring (bicyclic) bond motifs is 2. The average molecular weight is 647 g/mol. The number of ether oxygens (including phenoxy) is 3. The lowest BCUT2D eigenvalue weighted by atomic mass is 10.1. The lowest BCUT2D eigenvalue weighted by molar-refractivity contribution is -0.144. The molecule has 47 heavy (non-hydrogen) atoms. The molecule has 9 nitrogen and oxygen atoms in total. The Bertz CT molecular complexity index is 2100. The molecule has 0 radical (unpaired) electrons. The number of benzene rings is 5. The van der Waals surface area contributed by atoms with E-state index in [-0.39, 0.29) is 35.3 Å². The molecule has 0 aliphatic heterocycles. The van der Waals surface area contributed by atoms with Gasteiger partial charge in [-0.05, 0) is 78.2 Å². The third kappa shape index (κ3) is 6.92. The number of pyridine rings is 1. The Balaban J connectivity index is 1.27. The van der Waals surface area contributed by atoms with Crippen LogP contribution in [-0.2, 0) is 32.6 Å². The number of esters is 1. The zero-order valence-electron chi connectivity index (χ0n) is 25.4. The van der Waals surface area contributed by atoms with Crippen molar-refractivity contribution in [2.75, 3.05) is 11.4 Å². The van der Waals surface area contributed by atoms with Gasteiger partial charge >= 0.3 is 12.1 Å². The zero-order chi connectivity index (χ0) is 32.8. The van der Waals surface area contributed by atoms with Gasteiger partial charge in [0, 0.05) is 17.2 Å². The van der Waals surface area contributed by atoms with Gasteiger partial charge in [0.2, 0.25) is 0 Å². The van der Waals surface area contributed by atoms with Crippen LogP contribution in [0.4, 0.5) is 10.5 Å². The summed E-state index contributed by atoms with van der Waals surface area (Å²) in [4.78, 5) is 30.8. The maximum Gasteiger partial charge on any atom is 0.434 e. The number of aryl methyl sites for hydroxylation is 1. The molecular formula is C37H30N2O7S. The van der Waals surface area contributed by atoms with Gasteiger partial charge in [0.25, 0.3) is 10.0 Å². The van der Waals surface area contributed by atoms with Crippen molar-refractivity contribution < 1.29 is 32.2 Å². The van der Waals surface area contributed by atoms with Gasteiger partial charge in [-0.3, -0.25) is 4.79 Å². The van der Waals surface area contributed by atoms with Crippen LogP contribution >= 0.6 is 0 Å². The van der Waals surface area contributed by atoms with E-state index in [1.54, 1.807) is 60.7 Å². The second-order valence-corrected chi connectivity index (χ2v) is 12.4. The fourth-order valence-electron chi connectivity index (χ4n) is 5.09. The minimum atomic E-state index is -4.48. The third-order valence-corrected chi connectivity index (χ3v) is 9.23. The van der Waals surface area contributed by atoms with Crippen LogP contribution in [0.2, 0.25) is 0 Å². The lowest BCUT2D eigenvalue weighted by Gasteiger charge is -2.23. The molecule has 0 N–H and O–H groups in total. The number of hydrogen-bond acceptors (Lipinski definition) is 8. The van der Waals surface area contributed by atoms with Gasteiger partial charge in [0.1, 0.15) is 12.4 Å². The largest absolute Gasteiger partial charge is 0.497 e. The zero-order valence-corrected chi connectivity index (χ0v) is 26.2. The average Bonchev–Trinajstić information content (AvgIpc) is 3.10. The van der Waals surface area contributed by atoms with Gasteiger partial charge in [-0.1, -0.05) is 66.7 Å². The topological polar surface area (TPSA) is 112 Å². The van der Waals surface area contributed by atoms with Crippen LogP contribution < -0.4 is 13.8 Å². The van der Waals surface area contributed by atoms with Crippen molar-refractivity contribution in [1.82, 2.24) is 4.98 Å². The highest BCUT2D eigenvalue weighted by atomic mass is 32.2. The summed E-state index contributed by atoms with van der Waals surface area (Å²) in [5.41, 5.74) is 2.86. The van der Waals surface area contributed by atoms with E-state index in [2.05, 4.69) is 4.98 Å². The summed E-state index contributed by atoms with van der Waals surface area (Å²) >= 11 is 0. The number of nitrogens with zero attached hydrogens (tertiary/aromatic N) is 2. The number of hydrogen-bond donors (Lipinski definition) is 0. The SMILES string of the molecule is COc1ccc(N(C(=O)Oc2c3ccccc3nc3ccccc23)S(=O)(=O)c2ccc(CCC(=O)OCc3ccccc3)cc2)cc1. The van der Waals surface area contributed by atoms with Crippen molar-refractivity contribution in [3.8, 4) is 11.5 Å². The second kappa shape index (κ2) is 13.7. The minimum Gasteiger partial charge on any atom is -0.497 e. The normalized spacial score (nSPS) is 11.3. The van der Waals surface area contributed by atoms with Gasteiger partial charge in [0.05, 0.1) is 28.7 Å². The second-order valence-electron chi connectivity index (χ2n) is 10.6. The number of para-hydroxylation sites is 2. The summed E-state index contributed by atoms with van der Waals surface area (Å²) in [5, 5.41) is 1.11. The Hall–Kier alpha value is -5.74. The highest BCUT2D eigenvalue weighted by Gasteiger charge is 2.34. The Kier molecular flexibility index (Phi) is 9.12. The Morgan fingerprint density at radius 2 is 1.30 bits per heavy atom. The summed E-state index contributed by atoms with van der Waals surface area (Å²) < 4.78 is 45.5. The standard InChI is InChI=1S/C37H30N2O7S/c1-44-29-20-18-28(19-21-29)39(37(41)46-36-31-11-5-7-13-33(31)38-34-14-8-6-12-32(34)36)47(42,43)30-22-15-26(16-23-30)17-24-35(40)45-25-27-9-3-2-4-10-27/h2-16,18-23H,17,24-25H2,1H3. The van der Waals surface area contributed by atoms with Crippen LogP contribution in [0.5, 0.6) is 11.5 Å². The number of carbonyl (C=O) groups is 2. The molecule has 1 amide bonds. The quantitative estimate of drug-likeness (QED) is 0.111. The number of rotatable bonds is 10. The first kappa shape index (κ1) is 31.3. The fraction of sp³-hybridized carbons (Fsp3) is 0.108. The van der Waals surface area contributed by atoms with Crippen molar-refractivity contribution >= 4 is 49.6 Å². The van der Waals surface area contributed by atoms with Crippen molar-refractivity contribution in [1.29, 1.82) is 0 Å². The van der Waals surface area contributed by atoms with E-state index in [1.165, 1.54) is 31.4 Å². The lowest BCUT2D eigenvalue weighted by Crippen LogP contribution is -2.39. The van der Waals surface area contributed by atoms with Crippen molar-refractivity contribution in [3.05, 3.63) is 139 Å². The first-order valence-electron chi connectivity index (χ1n) is 14.8. The number of aromatic nitrogens is 1. The van der Waals surface area contributed by atoms with Crippen LogP contribution in [0.3, 0.4) is 0 Å². The smallest absolute Gasteiger partial charge is 0.434 e. The molecule has 0 saturated carbocycles. The van der Waals surface area contributed by atoms with Crippen LogP contribution in [0.15, 0.2) is 132 Å². The number of sulfonamides is 1. The van der Waals surface area contributed by atoms with Crippen molar-refractivity contribution in [3.63, 3.8) is 0 Å². The molecule has 6 aromatic rings. The minimum absolute atomic E-state index is 0.0590. The molecule has 0 aliphatic rings. The molecule has 0 bridgehead atoms. The number of methoxy groups -OCH3 is 1. The highest BCUT2D eigenvalue weighted by molar-refractivity contribution is 7.93. The van der Waals surface area contributed by atoms with E-state index in [9.17, 15) is 18.0 Å². The molecule has 0 atom stereocenters. The van der Waals surface area contributed by atoms with E-state index in [1.807, 2.05) is 42.5 Å². The Labute approximate surface area is 272 Å². The monoisotopic (exact) mass is 646 g/mol. The Morgan fingerprint density at radius 3 is 1.91 bits per heavy atom. The predicted octanol–water partition coefficient (Wildman–Crippen LogP) is 7.47. The molecular weight excluding hydrogens is 616 g/mol. The van der Waals surface area contributed by atoms with Gasteiger partial charge in [-0.2, -0.15) is 4.31 Å². The third-order valence-electron chi connectivity index (χ3n) is 7.52. The van der Waals surface area contributed by atoms with Crippen molar-refractivity contribution in [2.45, 2.75) is 24.3 Å². The molecule has 0 fully saturated rings. The maximum absolute atomic E-state index is 14.2. The van der Waals surface area contributed by atoms with Crippen molar-refractivity contribution in [2.24, 2.45) is 0 Å².